The zero-order chi connectivity index (χ0) is 16.9. The highest BCUT2D eigenvalue weighted by molar-refractivity contribution is 5.57. The number of hydrogen-bond acceptors (Lipinski definition) is 4. The van der Waals surface area contributed by atoms with Crippen LogP contribution in [0.25, 0.3) is 0 Å². The molecule has 0 aliphatic rings. The number of halogens is 1. The van der Waals surface area contributed by atoms with Gasteiger partial charge in [0.25, 0.3) is 0 Å². The predicted molar refractivity (Wildman–Crippen MR) is 97.7 cm³/mol. The van der Waals surface area contributed by atoms with Crippen molar-refractivity contribution in [2.45, 2.75) is 25.9 Å². The van der Waals surface area contributed by atoms with E-state index in [0.29, 0.717) is 5.92 Å². The van der Waals surface area contributed by atoms with Crippen LogP contribution < -0.4 is 16.0 Å². The summed E-state index contributed by atoms with van der Waals surface area (Å²) >= 11 is 0. The molecule has 0 amide bonds. The molecular weight excluding hydrogens is 291 g/mol. The number of nitrogens with zero attached hydrogens (tertiary/aromatic N) is 1. The summed E-state index contributed by atoms with van der Waals surface area (Å²) in [4.78, 5) is 4.55. The molecule has 0 bridgehead atoms. The van der Waals surface area contributed by atoms with Crippen LogP contribution in [0.15, 0.2) is 41.9 Å². The lowest BCUT2D eigenvalue weighted by atomic mass is 10.0. The van der Waals surface area contributed by atoms with Crippen molar-refractivity contribution in [3.05, 3.63) is 42.7 Å². The first-order chi connectivity index (χ1) is 11.2. The molecule has 0 aliphatic heterocycles. The minimum Gasteiger partial charge on any atom is -0.384 e. The Balaban J connectivity index is 2.12. The van der Waals surface area contributed by atoms with Crippen LogP contribution in [-0.4, -0.2) is 39.1 Å². The van der Waals surface area contributed by atoms with Crippen molar-refractivity contribution in [3.8, 4) is 0 Å². The molecule has 3 N–H and O–H groups in total. The van der Waals surface area contributed by atoms with Gasteiger partial charge in [0.15, 0.2) is 0 Å². The van der Waals surface area contributed by atoms with Gasteiger partial charge in [-0.05, 0) is 38.1 Å². The number of benzene rings is 1. The Bertz CT molecular complexity index is 476. The van der Waals surface area contributed by atoms with Gasteiger partial charge in [0.2, 0.25) is 0 Å². The van der Waals surface area contributed by atoms with E-state index in [1.54, 1.807) is 6.07 Å². The first kappa shape index (κ1) is 19.3. The standard InChI is InChI=1S/C18H29FN4/c1-4-15(5-2)18(20-3)23-11-7-10-21-12-13-22-17-9-6-8-16(19)14-17/h4,6,8-9,11,14-15,18,20-22H,1,5,7,10,12-13H2,2-3H3/b23-11+. The van der Waals surface area contributed by atoms with Gasteiger partial charge in [-0.25, -0.2) is 4.39 Å². The first-order valence-corrected chi connectivity index (χ1v) is 8.22. The zero-order valence-corrected chi connectivity index (χ0v) is 14.2. The lowest BCUT2D eigenvalue weighted by molar-refractivity contribution is 0.441. The maximum Gasteiger partial charge on any atom is 0.125 e. The Hall–Kier alpha value is -1.72. The molecule has 0 aromatic heterocycles. The molecule has 1 aromatic carbocycles. The second-order valence-corrected chi connectivity index (χ2v) is 5.35. The second-order valence-electron chi connectivity index (χ2n) is 5.35. The van der Waals surface area contributed by atoms with Crippen molar-refractivity contribution < 1.29 is 4.39 Å². The van der Waals surface area contributed by atoms with Crippen molar-refractivity contribution in [2.75, 3.05) is 32.0 Å². The van der Waals surface area contributed by atoms with Crippen LogP contribution in [0.4, 0.5) is 10.1 Å². The van der Waals surface area contributed by atoms with Gasteiger partial charge in [0.1, 0.15) is 12.0 Å². The monoisotopic (exact) mass is 320 g/mol. The van der Waals surface area contributed by atoms with E-state index < -0.39 is 0 Å². The van der Waals surface area contributed by atoms with Crippen LogP contribution in [0.1, 0.15) is 19.8 Å². The first-order valence-electron chi connectivity index (χ1n) is 8.22. The average Bonchev–Trinajstić information content (AvgIpc) is 2.56. The fourth-order valence-corrected chi connectivity index (χ4v) is 2.29. The van der Waals surface area contributed by atoms with Crippen molar-refractivity contribution in [2.24, 2.45) is 10.9 Å². The van der Waals surface area contributed by atoms with Gasteiger partial charge in [-0.3, -0.25) is 10.3 Å². The molecule has 4 nitrogen and oxygen atoms in total. The molecule has 5 heteroatoms. The Morgan fingerprint density at radius 3 is 2.78 bits per heavy atom. The molecule has 0 saturated carbocycles. The number of anilines is 1. The highest BCUT2D eigenvalue weighted by atomic mass is 19.1. The Kier molecular flexibility index (Phi) is 9.91. The summed E-state index contributed by atoms with van der Waals surface area (Å²) in [7, 11) is 1.92. The van der Waals surface area contributed by atoms with Crippen LogP contribution in [0, 0.1) is 11.7 Å². The number of nitrogens with one attached hydrogen (secondary N) is 3. The summed E-state index contributed by atoms with van der Waals surface area (Å²) in [5, 5.41) is 9.72. The van der Waals surface area contributed by atoms with Gasteiger partial charge in [0.05, 0.1) is 0 Å². The lowest BCUT2D eigenvalue weighted by Crippen LogP contribution is -2.30. The molecular formula is C18H29FN4. The van der Waals surface area contributed by atoms with Gasteiger partial charge >= 0.3 is 0 Å². The van der Waals surface area contributed by atoms with E-state index in [1.807, 2.05) is 25.4 Å². The summed E-state index contributed by atoms with van der Waals surface area (Å²) in [6.45, 7) is 8.44. The summed E-state index contributed by atoms with van der Waals surface area (Å²) in [5.41, 5.74) is 0.806. The lowest BCUT2D eigenvalue weighted by Gasteiger charge is -2.18. The Morgan fingerprint density at radius 2 is 2.13 bits per heavy atom. The molecule has 128 valence electrons. The molecule has 2 atom stereocenters. The molecule has 0 fully saturated rings. The van der Waals surface area contributed by atoms with Crippen LogP contribution in [0.5, 0.6) is 0 Å². The minimum absolute atomic E-state index is 0.104. The van der Waals surface area contributed by atoms with E-state index in [1.165, 1.54) is 12.1 Å². The molecule has 0 spiro atoms. The topological polar surface area (TPSA) is 48.5 Å². The van der Waals surface area contributed by atoms with Crippen LogP contribution in [-0.2, 0) is 0 Å². The normalized spacial score (nSPS) is 13.9. The fraction of sp³-hybridized carbons (Fsp3) is 0.500. The fourth-order valence-electron chi connectivity index (χ4n) is 2.29. The molecule has 2 unspecified atom stereocenters. The summed E-state index contributed by atoms with van der Waals surface area (Å²) in [5.74, 6) is 0.142. The quantitative estimate of drug-likeness (QED) is 0.315. The van der Waals surface area contributed by atoms with E-state index in [-0.39, 0.29) is 12.0 Å². The number of aliphatic imine (C=N–C) groups is 1. The molecule has 0 heterocycles. The predicted octanol–water partition coefficient (Wildman–Crippen LogP) is 3.05. The smallest absolute Gasteiger partial charge is 0.125 e. The largest absolute Gasteiger partial charge is 0.384 e. The van der Waals surface area contributed by atoms with Crippen molar-refractivity contribution in [3.63, 3.8) is 0 Å². The maximum absolute atomic E-state index is 13.0. The van der Waals surface area contributed by atoms with Gasteiger partial charge in [-0.2, -0.15) is 0 Å². The van der Waals surface area contributed by atoms with Crippen LogP contribution >= 0.6 is 0 Å². The molecule has 1 aromatic rings. The minimum atomic E-state index is -0.219. The SMILES string of the molecule is C=CC(CC)C(/N=C/CCNCCNc1cccc(F)c1)NC. The van der Waals surface area contributed by atoms with Crippen LogP contribution in [0.2, 0.25) is 0 Å². The van der Waals surface area contributed by atoms with E-state index >= 15 is 0 Å². The van der Waals surface area contributed by atoms with E-state index in [4.69, 9.17) is 0 Å². The molecule has 0 radical (unpaired) electrons. The van der Waals surface area contributed by atoms with Crippen molar-refractivity contribution in [1.82, 2.24) is 10.6 Å². The Labute approximate surface area is 139 Å². The summed E-state index contributed by atoms with van der Waals surface area (Å²) < 4.78 is 13.0. The van der Waals surface area contributed by atoms with Crippen LogP contribution in [0.3, 0.4) is 0 Å². The van der Waals surface area contributed by atoms with Crippen molar-refractivity contribution >= 4 is 11.9 Å². The molecule has 1 rings (SSSR count). The number of rotatable bonds is 12. The van der Waals surface area contributed by atoms with E-state index in [9.17, 15) is 4.39 Å². The summed E-state index contributed by atoms with van der Waals surface area (Å²) in [6, 6.07) is 6.49. The average molecular weight is 320 g/mol. The molecule has 0 saturated heterocycles. The molecule has 23 heavy (non-hydrogen) atoms. The zero-order valence-electron chi connectivity index (χ0n) is 14.2. The van der Waals surface area contributed by atoms with E-state index in [2.05, 4.69) is 34.4 Å². The third kappa shape index (κ3) is 7.90. The van der Waals surface area contributed by atoms with Gasteiger partial charge in [-0.15, -0.1) is 6.58 Å². The van der Waals surface area contributed by atoms with Gasteiger partial charge < -0.3 is 10.6 Å². The maximum atomic E-state index is 13.0. The Morgan fingerprint density at radius 1 is 1.30 bits per heavy atom. The highest BCUT2D eigenvalue weighted by Gasteiger charge is 2.12. The summed E-state index contributed by atoms with van der Waals surface area (Å²) in [6.07, 6.45) is 5.92. The van der Waals surface area contributed by atoms with Gasteiger partial charge in [-0.1, -0.05) is 19.1 Å². The highest BCUT2D eigenvalue weighted by Crippen LogP contribution is 2.10. The third-order valence-corrected chi connectivity index (χ3v) is 3.65. The molecule has 0 aliphatic carbocycles. The third-order valence-electron chi connectivity index (χ3n) is 3.65. The van der Waals surface area contributed by atoms with Crippen molar-refractivity contribution in [1.29, 1.82) is 0 Å². The van der Waals surface area contributed by atoms with Gasteiger partial charge in [0, 0.05) is 37.5 Å². The van der Waals surface area contributed by atoms with E-state index in [0.717, 1.165) is 38.2 Å². The second kappa shape index (κ2) is 11.8. The number of hydrogen-bond donors (Lipinski definition) is 3.